The lowest BCUT2D eigenvalue weighted by molar-refractivity contribution is -0.124. The quantitative estimate of drug-likeness (QED) is 0.659. The Balaban J connectivity index is 1.45. The van der Waals surface area contributed by atoms with Gasteiger partial charge in [0.2, 0.25) is 11.8 Å². The molecule has 3 amide bonds. The van der Waals surface area contributed by atoms with E-state index in [-0.39, 0.29) is 29.7 Å². The van der Waals surface area contributed by atoms with Crippen LogP contribution in [-0.4, -0.2) is 55.4 Å². The minimum absolute atomic E-state index is 0.0811. The van der Waals surface area contributed by atoms with Gasteiger partial charge in [-0.25, -0.2) is 8.42 Å². The molecule has 31 heavy (non-hydrogen) atoms. The highest BCUT2D eigenvalue weighted by Crippen LogP contribution is 2.30. The molecule has 2 atom stereocenters. The number of halogens is 1. The molecule has 2 aromatic carbocycles. The van der Waals surface area contributed by atoms with E-state index < -0.39 is 33.6 Å². The van der Waals surface area contributed by atoms with Crippen molar-refractivity contribution >= 4 is 49.2 Å². The van der Waals surface area contributed by atoms with E-state index in [1.54, 1.807) is 36.4 Å². The molecule has 2 N–H and O–H groups in total. The molecule has 162 valence electrons. The second-order valence-electron chi connectivity index (χ2n) is 7.55. The van der Waals surface area contributed by atoms with E-state index in [9.17, 15) is 22.8 Å². The third-order valence-electron chi connectivity index (χ3n) is 5.42. The average molecular weight is 506 g/mol. The van der Waals surface area contributed by atoms with Crippen molar-refractivity contribution in [2.24, 2.45) is 0 Å². The summed E-state index contributed by atoms with van der Waals surface area (Å²) in [6.45, 7) is 0.277. The molecule has 2 aromatic rings. The van der Waals surface area contributed by atoms with Crippen molar-refractivity contribution in [1.29, 1.82) is 0 Å². The van der Waals surface area contributed by atoms with Crippen molar-refractivity contribution in [2.45, 2.75) is 29.8 Å². The van der Waals surface area contributed by atoms with Crippen LogP contribution in [0.3, 0.4) is 0 Å². The number of sulfone groups is 1. The van der Waals surface area contributed by atoms with Crippen LogP contribution in [0.2, 0.25) is 0 Å². The van der Waals surface area contributed by atoms with E-state index in [0.29, 0.717) is 17.7 Å². The number of nitrogens with zero attached hydrogens (tertiary/aromatic N) is 1. The lowest BCUT2D eigenvalue weighted by Gasteiger charge is -2.37. The maximum Gasteiger partial charge on any atom is 0.256 e. The summed E-state index contributed by atoms with van der Waals surface area (Å²) in [4.78, 5) is 39.8. The molecule has 8 nitrogen and oxygen atoms in total. The van der Waals surface area contributed by atoms with Crippen molar-refractivity contribution in [1.82, 2.24) is 10.2 Å². The largest absolute Gasteiger partial charge is 0.352 e. The molecule has 1 saturated heterocycles. The van der Waals surface area contributed by atoms with Gasteiger partial charge in [-0.05, 0) is 43.2 Å². The summed E-state index contributed by atoms with van der Waals surface area (Å²) >= 11 is 3.34. The topological polar surface area (TPSA) is 113 Å². The Labute approximate surface area is 188 Å². The second-order valence-corrected chi connectivity index (χ2v) is 10.5. The number of rotatable bonds is 4. The fraction of sp³-hybridized carbons (Fsp3) is 0.286. The number of amides is 3. The zero-order chi connectivity index (χ0) is 22.2. The van der Waals surface area contributed by atoms with Gasteiger partial charge in [0.05, 0.1) is 16.1 Å². The van der Waals surface area contributed by atoms with Crippen molar-refractivity contribution in [3.8, 4) is 0 Å². The highest BCUT2D eigenvalue weighted by Gasteiger charge is 2.40. The van der Waals surface area contributed by atoms with Crippen LogP contribution < -0.4 is 10.6 Å². The van der Waals surface area contributed by atoms with Gasteiger partial charge in [-0.1, -0.05) is 34.1 Å². The van der Waals surface area contributed by atoms with Crippen LogP contribution in [0, 0.1) is 0 Å². The highest BCUT2D eigenvalue weighted by atomic mass is 79.9. The molecule has 0 unspecified atom stereocenters. The molecule has 2 aliphatic rings. The van der Waals surface area contributed by atoms with Crippen LogP contribution in [0.5, 0.6) is 0 Å². The highest BCUT2D eigenvalue weighted by molar-refractivity contribution is 9.10. The van der Waals surface area contributed by atoms with Crippen molar-refractivity contribution in [3.05, 3.63) is 58.6 Å². The van der Waals surface area contributed by atoms with Gasteiger partial charge in [0.1, 0.15) is 11.8 Å². The Kier molecular flexibility index (Phi) is 5.85. The van der Waals surface area contributed by atoms with Crippen LogP contribution in [0.15, 0.2) is 57.9 Å². The first kappa shape index (κ1) is 21.5. The predicted molar refractivity (Wildman–Crippen MR) is 117 cm³/mol. The average Bonchev–Trinajstić information content (AvgIpc) is 2.83. The van der Waals surface area contributed by atoms with Crippen LogP contribution in [-0.2, 0) is 19.4 Å². The van der Waals surface area contributed by atoms with Crippen LogP contribution >= 0.6 is 15.9 Å². The minimum Gasteiger partial charge on any atom is -0.352 e. The molecule has 0 saturated carbocycles. The molecular formula is C21H20BrN3O5S. The number of nitrogens with one attached hydrogen (secondary N) is 2. The number of fused-ring (bicyclic) bond motifs is 2. The first-order valence-electron chi connectivity index (χ1n) is 9.73. The summed E-state index contributed by atoms with van der Waals surface area (Å²) in [5, 5.41) is 5.50. The third kappa shape index (κ3) is 4.49. The first-order valence-corrected chi connectivity index (χ1v) is 12.2. The number of carbonyl (C=O) groups is 3. The maximum atomic E-state index is 13.0. The smallest absolute Gasteiger partial charge is 0.256 e. The molecule has 1 fully saturated rings. The monoisotopic (exact) mass is 505 g/mol. The third-order valence-corrected chi connectivity index (χ3v) is 7.55. The summed E-state index contributed by atoms with van der Waals surface area (Å²) in [6, 6.07) is 11.7. The Hall–Kier alpha value is -2.72. The number of hydrogen-bond donors (Lipinski definition) is 2. The Morgan fingerprint density at radius 1 is 1.16 bits per heavy atom. The molecule has 0 bridgehead atoms. The van der Waals surface area contributed by atoms with Crippen molar-refractivity contribution in [2.75, 3.05) is 17.6 Å². The minimum atomic E-state index is -3.76. The Morgan fingerprint density at radius 2 is 1.90 bits per heavy atom. The fourth-order valence-corrected chi connectivity index (χ4v) is 5.44. The molecular weight excluding hydrogens is 486 g/mol. The Morgan fingerprint density at radius 3 is 2.65 bits per heavy atom. The molecule has 0 spiro atoms. The van der Waals surface area contributed by atoms with E-state index in [1.807, 2.05) is 0 Å². The van der Waals surface area contributed by atoms with E-state index in [0.717, 1.165) is 4.47 Å². The molecule has 0 aromatic heterocycles. The van der Waals surface area contributed by atoms with Crippen LogP contribution in [0.25, 0.3) is 0 Å². The van der Waals surface area contributed by atoms with Gasteiger partial charge in [-0.15, -0.1) is 0 Å². The van der Waals surface area contributed by atoms with Gasteiger partial charge in [0.25, 0.3) is 5.91 Å². The van der Waals surface area contributed by atoms with E-state index >= 15 is 0 Å². The lowest BCUT2D eigenvalue weighted by Crippen LogP contribution is -2.55. The van der Waals surface area contributed by atoms with Gasteiger partial charge >= 0.3 is 0 Å². The number of hydrogen-bond acceptors (Lipinski definition) is 5. The van der Waals surface area contributed by atoms with E-state index in [4.69, 9.17) is 0 Å². The fourth-order valence-electron chi connectivity index (χ4n) is 3.91. The van der Waals surface area contributed by atoms with Gasteiger partial charge in [0, 0.05) is 17.1 Å². The van der Waals surface area contributed by atoms with Gasteiger partial charge in [-0.2, -0.15) is 0 Å². The SMILES string of the molecule is O=C(CS(=O)(=O)c1ccccc1)N[C@H]1CCN2C(=O)c3cc(Br)ccc3NC(=O)[C@@H]2C1. The Bertz CT molecular complexity index is 1150. The zero-order valence-corrected chi connectivity index (χ0v) is 18.8. The van der Waals surface area contributed by atoms with Crippen molar-refractivity contribution in [3.63, 3.8) is 0 Å². The van der Waals surface area contributed by atoms with E-state index in [2.05, 4.69) is 26.6 Å². The second kappa shape index (κ2) is 8.43. The number of anilines is 1. The van der Waals surface area contributed by atoms with Crippen molar-refractivity contribution < 1.29 is 22.8 Å². The maximum absolute atomic E-state index is 13.0. The summed E-state index contributed by atoms with van der Waals surface area (Å²) < 4.78 is 25.6. The normalized spacial score (nSPS) is 20.9. The molecule has 4 rings (SSSR count). The molecule has 2 aliphatic heterocycles. The van der Waals surface area contributed by atoms with Gasteiger partial charge < -0.3 is 15.5 Å². The summed E-state index contributed by atoms with van der Waals surface area (Å²) in [7, 11) is -3.76. The first-order chi connectivity index (χ1) is 14.7. The number of carbonyl (C=O) groups excluding carboxylic acids is 3. The van der Waals surface area contributed by atoms with Crippen LogP contribution in [0.4, 0.5) is 5.69 Å². The zero-order valence-electron chi connectivity index (χ0n) is 16.4. The van der Waals surface area contributed by atoms with Crippen LogP contribution in [0.1, 0.15) is 23.2 Å². The molecule has 10 heteroatoms. The summed E-state index contributed by atoms with van der Waals surface area (Å²) in [6.07, 6.45) is 0.639. The number of piperidine rings is 1. The predicted octanol–water partition coefficient (Wildman–Crippen LogP) is 1.96. The number of benzene rings is 2. The van der Waals surface area contributed by atoms with E-state index in [1.165, 1.54) is 17.0 Å². The standard InChI is InChI=1S/C21H20BrN3O5S/c22-13-6-7-17-16(10-13)21(28)25-9-8-14(11-18(25)20(27)24-17)23-19(26)12-31(29,30)15-4-2-1-3-5-15/h1-7,10,14,18H,8-9,11-12H2,(H,23,26)(H,24,27)/t14-,18-/m0/s1. The summed E-state index contributed by atoms with van der Waals surface area (Å²) in [5.74, 6) is -1.89. The molecule has 0 radical (unpaired) electrons. The summed E-state index contributed by atoms with van der Waals surface area (Å²) in [5.41, 5.74) is 0.851. The molecule has 2 heterocycles. The van der Waals surface area contributed by atoms with Gasteiger partial charge in [-0.3, -0.25) is 14.4 Å². The molecule has 0 aliphatic carbocycles. The lowest BCUT2D eigenvalue weighted by atomic mass is 9.96. The van der Waals surface area contributed by atoms with Gasteiger partial charge in [0.15, 0.2) is 9.84 Å².